The van der Waals surface area contributed by atoms with Gasteiger partial charge in [-0.05, 0) is 24.3 Å². The summed E-state index contributed by atoms with van der Waals surface area (Å²) >= 11 is 6.91. The summed E-state index contributed by atoms with van der Waals surface area (Å²) in [6.45, 7) is 0. The monoisotopic (exact) mass is 279 g/mol. The zero-order valence-electron chi connectivity index (χ0n) is 9.06. The number of rotatable bonds is 1. The molecule has 0 spiro atoms. The quantitative estimate of drug-likeness (QED) is 0.663. The second-order valence-electron chi connectivity index (χ2n) is 3.79. The molecule has 0 bridgehead atoms. The summed E-state index contributed by atoms with van der Waals surface area (Å²) in [6.07, 6.45) is 0. The van der Waals surface area contributed by atoms with Gasteiger partial charge in [0.25, 0.3) is 5.56 Å². The first-order valence-electron chi connectivity index (χ1n) is 5.23. The summed E-state index contributed by atoms with van der Waals surface area (Å²) in [7, 11) is 0. The predicted molar refractivity (Wildman–Crippen MR) is 72.4 cm³/mol. The third kappa shape index (κ3) is 1.74. The highest BCUT2D eigenvalue weighted by molar-refractivity contribution is 7.14. The maximum absolute atomic E-state index is 13.4. The highest BCUT2D eigenvalue weighted by Gasteiger charge is 2.10. The summed E-state index contributed by atoms with van der Waals surface area (Å²) in [5, 5.41) is 0.686. The molecule has 3 rings (SSSR count). The Kier molecular flexibility index (Phi) is 2.69. The molecule has 0 saturated heterocycles. The van der Waals surface area contributed by atoms with Crippen LogP contribution in [0.25, 0.3) is 15.8 Å². The molecule has 0 unspecified atom stereocenters. The Morgan fingerprint density at radius 2 is 1.94 bits per heavy atom. The minimum Gasteiger partial charge on any atom is -0.267 e. The molecule has 0 aliphatic heterocycles. The van der Waals surface area contributed by atoms with E-state index in [1.54, 1.807) is 12.1 Å². The highest BCUT2D eigenvalue weighted by Crippen LogP contribution is 2.22. The summed E-state index contributed by atoms with van der Waals surface area (Å²) in [6, 6.07) is 11.6. The van der Waals surface area contributed by atoms with E-state index in [1.165, 1.54) is 27.6 Å². The lowest BCUT2D eigenvalue weighted by molar-refractivity contribution is 0.627. The van der Waals surface area contributed by atoms with E-state index in [0.29, 0.717) is 11.1 Å². The largest absolute Gasteiger partial charge is 0.273 e. The Morgan fingerprint density at radius 3 is 2.67 bits per heavy atom. The van der Waals surface area contributed by atoms with Gasteiger partial charge >= 0.3 is 0 Å². The Labute approximate surface area is 111 Å². The molecule has 0 fully saturated rings. The van der Waals surface area contributed by atoms with Crippen molar-refractivity contribution in [3.63, 3.8) is 0 Å². The number of nitrogens with zero attached hydrogens (tertiary/aromatic N) is 1. The molecule has 0 saturated carbocycles. The molecule has 18 heavy (non-hydrogen) atoms. The van der Waals surface area contributed by atoms with Gasteiger partial charge in [0.15, 0.2) is 0 Å². The molecule has 0 aliphatic carbocycles. The van der Waals surface area contributed by atoms with Gasteiger partial charge in [-0.2, -0.15) is 0 Å². The molecule has 0 amide bonds. The molecule has 0 N–H and O–H groups in total. The van der Waals surface area contributed by atoms with Crippen LogP contribution in [0.15, 0.2) is 47.3 Å². The van der Waals surface area contributed by atoms with E-state index in [1.807, 2.05) is 18.2 Å². The van der Waals surface area contributed by atoms with Gasteiger partial charge in [-0.1, -0.05) is 35.3 Å². The Balaban J connectivity index is 2.28. The van der Waals surface area contributed by atoms with Crippen molar-refractivity contribution in [2.45, 2.75) is 0 Å². The fraction of sp³-hybridized carbons (Fsp3) is 0. The van der Waals surface area contributed by atoms with Crippen molar-refractivity contribution in [1.82, 2.24) is 3.96 Å². The molecule has 90 valence electrons. The minimum absolute atomic E-state index is 0.0490. The zero-order chi connectivity index (χ0) is 12.7. The van der Waals surface area contributed by atoms with E-state index >= 15 is 0 Å². The maximum Gasteiger partial charge on any atom is 0.273 e. The summed E-state index contributed by atoms with van der Waals surface area (Å²) in [5.41, 5.74) is 0.348. The van der Waals surface area contributed by atoms with Gasteiger partial charge in [-0.15, -0.1) is 0 Å². The molecule has 0 radical (unpaired) electrons. The fourth-order valence-corrected chi connectivity index (χ4v) is 2.86. The van der Waals surface area contributed by atoms with Crippen LogP contribution in [0.5, 0.6) is 0 Å². The molecular weight excluding hydrogens is 273 g/mol. The van der Waals surface area contributed by atoms with Crippen LogP contribution in [0.1, 0.15) is 0 Å². The lowest BCUT2D eigenvalue weighted by Crippen LogP contribution is -2.10. The van der Waals surface area contributed by atoms with E-state index in [-0.39, 0.29) is 10.6 Å². The third-order valence-electron chi connectivity index (χ3n) is 2.63. The first-order valence-corrected chi connectivity index (χ1v) is 6.38. The average Bonchev–Trinajstić information content (AvgIpc) is 2.71. The molecule has 2 aromatic carbocycles. The van der Waals surface area contributed by atoms with Crippen molar-refractivity contribution < 1.29 is 4.39 Å². The van der Waals surface area contributed by atoms with Crippen LogP contribution in [0, 0.1) is 5.82 Å². The zero-order valence-corrected chi connectivity index (χ0v) is 10.6. The first-order chi connectivity index (χ1) is 8.66. The van der Waals surface area contributed by atoms with Crippen LogP contribution in [-0.4, -0.2) is 3.96 Å². The van der Waals surface area contributed by atoms with Gasteiger partial charge in [0.05, 0.1) is 20.8 Å². The maximum atomic E-state index is 13.4. The summed E-state index contributed by atoms with van der Waals surface area (Å²) in [4.78, 5) is 12.1. The van der Waals surface area contributed by atoms with E-state index in [9.17, 15) is 9.18 Å². The fourth-order valence-electron chi connectivity index (χ4n) is 1.75. The highest BCUT2D eigenvalue weighted by atomic mass is 35.5. The van der Waals surface area contributed by atoms with E-state index in [2.05, 4.69) is 0 Å². The van der Waals surface area contributed by atoms with Gasteiger partial charge in [0.1, 0.15) is 5.82 Å². The van der Waals surface area contributed by atoms with Crippen molar-refractivity contribution in [3.8, 4) is 5.69 Å². The molecule has 0 aliphatic rings. The first kappa shape index (κ1) is 11.4. The van der Waals surface area contributed by atoms with Crippen LogP contribution >= 0.6 is 23.1 Å². The van der Waals surface area contributed by atoms with Crippen molar-refractivity contribution in [1.29, 1.82) is 0 Å². The number of halogens is 2. The lowest BCUT2D eigenvalue weighted by atomic mass is 10.3. The molecule has 1 aromatic heterocycles. The third-order valence-corrected chi connectivity index (χ3v) is 4.05. The van der Waals surface area contributed by atoms with Crippen molar-refractivity contribution in [2.75, 3.05) is 0 Å². The summed E-state index contributed by atoms with van der Waals surface area (Å²) < 4.78 is 15.7. The molecule has 3 aromatic rings. The topological polar surface area (TPSA) is 22.0 Å². The Morgan fingerprint density at radius 1 is 1.17 bits per heavy atom. The standard InChI is InChI=1S/C13H7ClFNOS/c14-10-6-5-8(7-11(10)15)16-13(17)9-3-1-2-4-12(9)18-16/h1-7H. The molecule has 1 heterocycles. The number of benzene rings is 2. The molecule has 0 atom stereocenters. The van der Waals surface area contributed by atoms with Gasteiger partial charge in [0, 0.05) is 6.07 Å². The lowest BCUT2D eigenvalue weighted by Gasteiger charge is -2.01. The van der Waals surface area contributed by atoms with Gasteiger partial charge in [-0.3, -0.25) is 4.79 Å². The predicted octanol–water partition coefficient (Wildman–Crippen LogP) is 3.84. The van der Waals surface area contributed by atoms with E-state index < -0.39 is 5.82 Å². The average molecular weight is 280 g/mol. The van der Waals surface area contributed by atoms with Crippen LogP contribution in [0.3, 0.4) is 0 Å². The van der Waals surface area contributed by atoms with E-state index in [0.717, 1.165) is 4.70 Å². The van der Waals surface area contributed by atoms with Crippen LogP contribution < -0.4 is 5.56 Å². The second-order valence-corrected chi connectivity index (χ2v) is 5.18. The molecule has 2 nitrogen and oxygen atoms in total. The minimum atomic E-state index is -0.529. The van der Waals surface area contributed by atoms with Gasteiger partial charge in [0.2, 0.25) is 0 Å². The van der Waals surface area contributed by atoms with Crippen LogP contribution in [0.4, 0.5) is 4.39 Å². The summed E-state index contributed by atoms with van der Waals surface area (Å²) in [5.74, 6) is -0.529. The Hall–Kier alpha value is -1.65. The van der Waals surface area contributed by atoms with Crippen molar-refractivity contribution in [3.05, 3.63) is 63.7 Å². The second kappa shape index (κ2) is 4.23. The SMILES string of the molecule is O=c1c2ccccc2sn1-c1ccc(Cl)c(F)c1. The van der Waals surface area contributed by atoms with Crippen molar-refractivity contribution in [2.24, 2.45) is 0 Å². The Bertz CT molecular complexity index is 793. The number of fused-ring (bicyclic) bond motifs is 1. The van der Waals surface area contributed by atoms with Crippen LogP contribution in [0.2, 0.25) is 5.02 Å². The molecular formula is C13H7ClFNOS. The van der Waals surface area contributed by atoms with Gasteiger partial charge in [-0.25, -0.2) is 8.35 Å². The number of hydrogen-bond acceptors (Lipinski definition) is 2. The smallest absolute Gasteiger partial charge is 0.267 e. The van der Waals surface area contributed by atoms with Crippen LogP contribution in [-0.2, 0) is 0 Å². The van der Waals surface area contributed by atoms with Gasteiger partial charge < -0.3 is 0 Å². The number of hydrogen-bond donors (Lipinski definition) is 0. The molecule has 5 heteroatoms. The normalized spacial score (nSPS) is 11.0. The van der Waals surface area contributed by atoms with E-state index in [4.69, 9.17) is 11.6 Å². The van der Waals surface area contributed by atoms with Crippen molar-refractivity contribution >= 4 is 33.2 Å². The number of aromatic nitrogens is 1.